The van der Waals surface area contributed by atoms with Gasteiger partial charge in [0, 0.05) is 43.7 Å². The fourth-order valence-electron chi connectivity index (χ4n) is 10.1. The number of rotatable bonds is 23. The number of unbranched alkanes of at least 4 members (excludes halogenated alkanes) is 2. The molecule has 0 unspecified atom stereocenters. The lowest BCUT2D eigenvalue weighted by Gasteiger charge is -2.59. The van der Waals surface area contributed by atoms with Gasteiger partial charge in [0.2, 0.25) is 12.6 Å². The fourth-order valence-corrected chi connectivity index (χ4v) is 10.1. The quantitative estimate of drug-likeness (QED) is 0.0311. The molecule has 0 spiro atoms. The highest BCUT2D eigenvalue weighted by atomic mass is 16.7. The average Bonchev–Trinajstić information content (AvgIpc) is 3.83. The Hall–Kier alpha value is -6.68. The number of fused-ring (bicyclic) bond motifs is 3. The van der Waals surface area contributed by atoms with Crippen LogP contribution >= 0.6 is 0 Å². The zero-order chi connectivity index (χ0) is 47.5. The molecule has 4 aliphatic rings. The number of hydrogen-bond donors (Lipinski definition) is 2. The number of nitrogens with zero attached hydrogens (tertiary/aromatic N) is 3. The number of benzene rings is 4. The van der Waals surface area contributed by atoms with Crippen molar-refractivity contribution in [2.45, 2.75) is 82.3 Å². The Morgan fingerprint density at radius 1 is 0.882 bits per heavy atom. The van der Waals surface area contributed by atoms with E-state index in [2.05, 4.69) is 19.2 Å². The molecular formula is C53H59N3O12. The number of hydrogen-bond acceptors (Lipinski definition) is 13. The van der Waals surface area contributed by atoms with Crippen LogP contribution in [0.25, 0.3) is 0 Å². The number of nitro groups is 1. The van der Waals surface area contributed by atoms with Gasteiger partial charge < -0.3 is 43.5 Å². The number of carbonyl (C=O) groups is 1. The first-order valence-corrected chi connectivity index (χ1v) is 23.4. The van der Waals surface area contributed by atoms with Gasteiger partial charge in [0.1, 0.15) is 29.9 Å². The van der Waals surface area contributed by atoms with Gasteiger partial charge in [0.05, 0.1) is 35.8 Å². The first kappa shape index (κ1) is 47.8. The Balaban J connectivity index is 1.33. The van der Waals surface area contributed by atoms with Crippen LogP contribution in [0, 0.1) is 27.9 Å². The van der Waals surface area contributed by atoms with Crippen molar-refractivity contribution in [2.24, 2.45) is 22.9 Å². The average molecular weight is 930 g/mol. The topological polar surface area (TPSA) is 181 Å². The minimum absolute atomic E-state index is 0.0228. The summed E-state index contributed by atoms with van der Waals surface area (Å²) in [6, 6.07) is 26.0. The van der Waals surface area contributed by atoms with Crippen LogP contribution in [-0.2, 0) is 27.5 Å². The predicted octanol–water partition coefficient (Wildman–Crippen LogP) is 10.2. The number of aliphatic hydroxyl groups is 2. The summed E-state index contributed by atoms with van der Waals surface area (Å²) in [5.74, 6) is -0.232. The second-order valence-corrected chi connectivity index (χ2v) is 17.4. The summed E-state index contributed by atoms with van der Waals surface area (Å²) in [5.41, 5.74) is 3.87. The van der Waals surface area contributed by atoms with Gasteiger partial charge in [-0.15, -0.1) is 13.2 Å². The molecule has 2 heterocycles. The maximum atomic E-state index is 14.9. The van der Waals surface area contributed by atoms with Crippen LogP contribution in [0.3, 0.4) is 0 Å². The third kappa shape index (κ3) is 10.5. The van der Waals surface area contributed by atoms with Crippen molar-refractivity contribution in [3.05, 3.63) is 155 Å². The highest BCUT2D eigenvalue weighted by Gasteiger charge is 2.65. The molecule has 0 aromatic heterocycles. The summed E-state index contributed by atoms with van der Waals surface area (Å²) < 4.78 is 38.3. The molecule has 358 valence electrons. The van der Waals surface area contributed by atoms with Crippen LogP contribution in [0.1, 0.15) is 74.0 Å². The SMILES string of the molecule is C=CCCOC(=O)N(Cc1ccc2c(c1)OCO2)[C@H]1CC(=NOCc2ccccc2)C2=C[C@H](CCCCO)[C@@H](CCCCO)[C@@H]3c4cc(Oc5cccc([N+](=O)[O-])c5)ccc4O[C@@]1(OCC=C)[C@H]23. The third-order valence-electron chi connectivity index (χ3n) is 13.1. The Labute approximate surface area is 396 Å². The summed E-state index contributed by atoms with van der Waals surface area (Å²) in [6.45, 7) is 8.46. The lowest BCUT2D eigenvalue weighted by molar-refractivity contribution is -0.384. The van der Waals surface area contributed by atoms with E-state index in [9.17, 15) is 25.1 Å². The minimum atomic E-state index is -1.57. The molecule has 1 amide bonds. The van der Waals surface area contributed by atoms with Gasteiger partial charge in [0.15, 0.2) is 11.5 Å². The van der Waals surface area contributed by atoms with Gasteiger partial charge in [-0.1, -0.05) is 78.7 Å². The molecule has 15 heteroatoms. The first-order valence-electron chi connectivity index (χ1n) is 23.4. The highest BCUT2D eigenvalue weighted by molar-refractivity contribution is 6.03. The van der Waals surface area contributed by atoms with Crippen LogP contribution in [-0.4, -0.2) is 76.9 Å². The van der Waals surface area contributed by atoms with Crippen LogP contribution in [0.15, 0.2) is 133 Å². The molecule has 2 aliphatic carbocycles. The molecule has 2 aliphatic heterocycles. The molecule has 8 rings (SSSR count). The Morgan fingerprint density at radius 3 is 2.44 bits per heavy atom. The largest absolute Gasteiger partial charge is 0.459 e. The zero-order valence-electron chi connectivity index (χ0n) is 38.1. The Bertz CT molecular complexity index is 2480. The number of nitro benzene ring substituents is 1. The van der Waals surface area contributed by atoms with Crippen molar-refractivity contribution in [1.82, 2.24) is 4.90 Å². The number of aliphatic hydroxyl groups excluding tert-OH is 2. The molecule has 1 fully saturated rings. The number of carbonyl (C=O) groups excluding carboxylic acids is 1. The molecule has 6 atom stereocenters. The minimum Gasteiger partial charge on any atom is -0.459 e. The van der Waals surface area contributed by atoms with Gasteiger partial charge in [-0.3, -0.25) is 15.0 Å². The number of amides is 1. The maximum Gasteiger partial charge on any atom is 0.410 e. The lowest BCUT2D eigenvalue weighted by atomic mass is 9.55. The van der Waals surface area contributed by atoms with E-state index in [-0.39, 0.29) is 76.2 Å². The molecule has 0 saturated heterocycles. The van der Waals surface area contributed by atoms with Crippen LogP contribution in [0.2, 0.25) is 0 Å². The third-order valence-corrected chi connectivity index (χ3v) is 13.1. The summed E-state index contributed by atoms with van der Waals surface area (Å²) in [6.07, 6.45) is 9.77. The highest BCUT2D eigenvalue weighted by Crippen LogP contribution is 2.62. The maximum absolute atomic E-state index is 14.9. The van der Waals surface area contributed by atoms with Gasteiger partial charge in [0.25, 0.3) is 5.69 Å². The summed E-state index contributed by atoms with van der Waals surface area (Å²) in [5, 5.41) is 36.7. The molecule has 4 aromatic rings. The normalized spacial score (nSPS) is 22.5. The summed E-state index contributed by atoms with van der Waals surface area (Å²) in [7, 11) is 0. The summed E-state index contributed by atoms with van der Waals surface area (Å²) >= 11 is 0. The predicted molar refractivity (Wildman–Crippen MR) is 254 cm³/mol. The summed E-state index contributed by atoms with van der Waals surface area (Å²) in [4.78, 5) is 34.0. The molecule has 68 heavy (non-hydrogen) atoms. The van der Waals surface area contributed by atoms with Crippen molar-refractivity contribution in [3.8, 4) is 28.7 Å². The van der Waals surface area contributed by atoms with Crippen molar-refractivity contribution in [3.63, 3.8) is 0 Å². The van der Waals surface area contributed by atoms with Crippen LogP contribution in [0.5, 0.6) is 28.7 Å². The van der Waals surface area contributed by atoms with Gasteiger partial charge in [-0.25, -0.2) is 4.79 Å². The number of oxime groups is 1. The van der Waals surface area contributed by atoms with Crippen molar-refractivity contribution in [1.29, 1.82) is 0 Å². The number of non-ortho nitro benzene ring substituents is 1. The van der Waals surface area contributed by atoms with E-state index in [0.29, 0.717) is 60.1 Å². The second-order valence-electron chi connectivity index (χ2n) is 17.4. The number of ether oxygens (including phenoxy) is 6. The fraction of sp³-hybridized carbons (Fsp3) is 0.396. The van der Waals surface area contributed by atoms with Crippen LogP contribution in [0.4, 0.5) is 10.5 Å². The van der Waals surface area contributed by atoms with Gasteiger partial charge >= 0.3 is 6.09 Å². The molecule has 1 saturated carbocycles. The lowest BCUT2D eigenvalue weighted by Crippen LogP contribution is -2.70. The monoisotopic (exact) mass is 929 g/mol. The molecule has 4 aromatic carbocycles. The molecule has 0 radical (unpaired) electrons. The van der Waals surface area contributed by atoms with E-state index >= 15 is 0 Å². The molecule has 15 nitrogen and oxygen atoms in total. The van der Waals surface area contributed by atoms with E-state index in [1.54, 1.807) is 35.3 Å². The second kappa shape index (κ2) is 22.4. The Kier molecular flexibility index (Phi) is 15.8. The molecule has 0 bridgehead atoms. The molecular weight excluding hydrogens is 871 g/mol. The van der Waals surface area contributed by atoms with Crippen molar-refractivity contribution < 1.29 is 53.2 Å². The Morgan fingerprint density at radius 2 is 1.66 bits per heavy atom. The first-order chi connectivity index (χ1) is 33.3. The van der Waals surface area contributed by atoms with Crippen molar-refractivity contribution in [2.75, 3.05) is 33.2 Å². The van der Waals surface area contributed by atoms with E-state index < -0.39 is 28.8 Å². The van der Waals surface area contributed by atoms with Gasteiger partial charge in [-0.05, 0) is 97.0 Å². The van der Waals surface area contributed by atoms with Crippen LogP contribution < -0.4 is 18.9 Å². The zero-order valence-corrected chi connectivity index (χ0v) is 38.1. The smallest absolute Gasteiger partial charge is 0.410 e. The molecule has 2 N–H and O–H groups in total. The standard InChI is InChI=1S/C53H59N3O12/c1-3-5-27-62-52(59)55(33-37-20-22-47-48(28-37)64-35-63-47)49-32-45(54-66-34-36-14-7-6-8-15-36)43-29-38(16-9-11-24-57)42(19-10-12-25-58)50-44-31-41(67-40-18-13-17-39(30-40)56(60)61)21-23-46(44)68-53(49,51(43)50)65-26-4-2/h3-4,6-8,13-15,17-18,20-23,28-31,38,42,49-51,57-58H,1-2,5,9-12,16,19,24-27,32-35H2/t38-,42+,49-,50+,51+,53+/m0/s1. The van der Waals surface area contributed by atoms with E-state index in [4.69, 9.17) is 38.4 Å². The van der Waals surface area contributed by atoms with Crippen molar-refractivity contribution >= 4 is 17.5 Å². The van der Waals surface area contributed by atoms with E-state index in [1.807, 2.05) is 60.7 Å². The van der Waals surface area contributed by atoms with E-state index in [1.165, 1.54) is 12.1 Å². The van der Waals surface area contributed by atoms with E-state index in [0.717, 1.165) is 41.5 Å². The number of allylic oxidation sites excluding steroid dienone is 1. The van der Waals surface area contributed by atoms with Gasteiger partial charge in [-0.2, -0.15) is 0 Å².